The number of nitrogens with two attached hydrogens (primary N) is 1. The number of nitro benzene ring substituents is 1. The molecular weight excluding hydrogens is 250 g/mol. The number of amides is 1. The van der Waals surface area contributed by atoms with Gasteiger partial charge in [0.15, 0.2) is 0 Å². The summed E-state index contributed by atoms with van der Waals surface area (Å²) in [6.45, 7) is 3.61. The van der Waals surface area contributed by atoms with Crippen molar-refractivity contribution in [3.05, 3.63) is 33.9 Å². The first kappa shape index (κ1) is 14.9. The molecule has 1 unspecified atom stereocenters. The molecule has 1 amide bonds. The summed E-state index contributed by atoms with van der Waals surface area (Å²) in [5.74, 6) is -0.727. The van der Waals surface area contributed by atoms with Crippen LogP contribution < -0.4 is 11.1 Å². The minimum absolute atomic E-state index is 0.0690. The Hall–Kier alpha value is -2.15. The highest BCUT2D eigenvalue weighted by atomic mass is 16.6. The van der Waals surface area contributed by atoms with Crippen molar-refractivity contribution in [2.75, 3.05) is 11.9 Å². The van der Waals surface area contributed by atoms with E-state index in [1.165, 1.54) is 12.1 Å². The Kier molecular flexibility index (Phi) is 4.44. The van der Waals surface area contributed by atoms with Crippen molar-refractivity contribution in [2.45, 2.75) is 25.9 Å². The van der Waals surface area contributed by atoms with Gasteiger partial charge in [-0.3, -0.25) is 14.9 Å². The minimum Gasteiger partial charge on any atom is -0.388 e. The molecule has 0 saturated heterocycles. The second-order valence-corrected chi connectivity index (χ2v) is 4.56. The summed E-state index contributed by atoms with van der Waals surface area (Å²) in [5.41, 5.74) is 4.18. The van der Waals surface area contributed by atoms with Gasteiger partial charge in [-0.2, -0.15) is 0 Å². The predicted octanol–water partition coefficient (Wildman–Crippen LogP) is 1.27. The van der Waals surface area contributed by atoms with Gasteiger partial charge in [0, 0.05) is 18.2 Å². The highest BCUT2D eigenvalue weighted by molar-refractivity contribution is 5.94. The van der Waals surface area contributed by atoms with Crippen LogP contribution in [0.3, 0.4) is 0 Å². The maximum atomic E-state index is 11.0. The van der Waals surface area contributed by atoms with Gasteiger partial charge in [-0.15, -0.1) is 0 Å². The maximum absolute atomic E-state index is 11.0. The number of rotatable bonds is 6. The third-order valence-electron chi connectivity index (χ3n) is 2.90. The van der Waals surface area contributed by atoms with Gasteiger partial charge in [0.1, 0.15) is 5.69 Å². The van der Waals surface area contributed by atoms with E-state index in [0.717, 1.165) is 6.07 Å². The molecule has 0 saturated carbocycles. The lowest BCUT2D eigenvalue weighted by Gasteiger charge is -2.22. The van der Waals surface area contributed by atoms with E-state index in [2.05, 4.69) is 5.32 Å². The van der Waals surface area contributed by atoms with E-state index in [-0.39, 0.29) is 23.5 Å². The zero-order chi connectivity index (χ0) is 14.6. The van der Waals surface area contributed by atoms with Crippen molar-refractivity contribution >= 4 is 17.3 Å². The SMILES string of the molecule is CCC(C)(O)CNc1ccc(C(N)=O)cc1[N+](=O)[O-]. The molecule has 1 aromatic rings. The largest absolute Gasteiger partial charge is 0.388 e. The Balaban J connectivity index is 3.01. The molecule has 0 bridgehead atoms. The number of carbonyl (C=O) groups excluding carboxylic acids is 1. The van der Waals surface area contributed by atoms with Gasteiger partial charge >= 0.3 is 0 Å². The second-order valence-electron chi connectivity index (χ2n) is 4.56. The number of benzene rings is 1. The standard InChI is InChI=1S/C12H17N3O4/c1-3-12(2,17)7-14-9-5-4-8(11(13)16)6-10(9)15(18)19/h4-6,14,17H,3,7H2,1-2H3,(H2,13,16). The zero-order valence-electron chi connectivity index (χ0n) is 10.8. The lowest BCUT2D eigenvalue weighted by molar-refractivity contribution is -0.384. The average molecular weight is 267 g/mol. The van der Waals surface area contributed by atoms with Crippen LogP contribution in [0.1, 0.15) is 30.6 Å². The quantitative estimate of drug-likeness (QED) is 0.529. The molecule has 0 spiro atoms. The molecule has 19 heavy (non-hydrogen) atoms. The predicted molar refractivity (Wildman–Crippen MR) is 71.0 cm³/mol. The minimum atomic E-state index is -0.962. The number of hydrogen-bond donors (Lipinski definition) is 3. The van der Waals surface area contributed by atoms with Gasteiger partial charge in [-0.05, 0) is 25.5 Å². The number of carbonyl (C=O) groups is 1. The fourth-order valence-corrected chi connectivity index (χ4v) is 1.40. The number of aliphatic hydroxyl groups is 1. The molecule has 0 radical (unpaired) electrons. The summed E-state index contributed by atoms with van der Waals surface area (Å²) in [5, 5.41) is 23.6. The molecule has 4 N–H and O–H groups in total. The monoisotopic (exact) mass is 267 g/mol. The zero-order valence-corrected chi connectivity index (χ0v) is 10.8. The van der Waals surface area contributed by atoms with Crippen molar-refractivity contribution in [1.29, 1.82) is 0 Å². The van der Waals surface area contributed by atoms with Gasteiger partial charge in [0.05, 0.1) is 10.5 Å². The van der Waals surface area contributed by atoms with Crippen LogP contribution in [-0.4, -0.2) is 28.1 Å². The molecule has 0 aromatic heterocycles. The maximum Gasteiger partial charge on any atom is 0.293 e. The van der Waals surface area contributed by atoms with Crippen LogP contribution in [0.5, 0.6) is 0 Å². The lowest BCUT2D eigenvalue weighted by Crippen LogP contribution is -2.32. The van der Waals surface area contributed by atoms with E-state index in [9.17, 15) is 20.0 Å². The van der Waals surface area contributed by atoms with Crippen molar-refractivity contribution in [1.82, 2.24) is 0 Å². The first-order valence-corrected chi connectivity index (χ1v) is 5.81. The topological polar surface area (TPSA) is 118 Å². The molecule has 1 atom stereocenters. The Bertz CT molecular complexity index is 500. The van der Waals surface area contributed by atoms with E-state index in [1.54, 1.807) is 6.92 Å². The Morgan fingerprint density at radius 3 is 2.68 bits per heavy atom. The summed E-state index contributed by atoms with van der Waals surface area (Å²) in [4.78, 5) is 21.3. The Morgan fingerprint density at radius 2 is 2.21 bits per heavy atom. The molecular formula is C12H17N3O4. The second kappa shape index (κ2) is 5.66. The van der Waals surface area contributed by atoms with Crippen LogP contribution in [-0.2, 0) is 0 Å². The number of nitro groups is 1. The van der Waals surface area contributed by atoms with Crippen LogP contribution in [0.15, 0.2) is 18.2 Å². The highest BCUT2D eigenvalue weighted by Gasteiger charge is 2.21. The van der Waals surface area contributed by atoms with Crippen LogP contribution in [0.4, 0.5) is 11.4 Å². The molecule has 0 fully saturated rings. The number of primary amides is 1. The third-order valence-corrected chi connectivity index (χ3v) is 2.90. The molecule has 0 aliphatic carbocycles. The highest BCUT2D eigenvalue weighted by Crippen LogP contribution is 2.26. The lowest BCUT2D eigenvalue weighted by atomic mass is 10.0. The Morgan fingerprint density at radius 1 is 1.58 bits per heavy atom. The summed E-state index contributed by atoms with van der Waals surface area (Å²) in [6, 6.07) is 3.92. The van der Waals surface area contributed by atoms with Crippen LogP contribution in [0.25, 0.3) is 0 Å². The molecule has 0 aliphatic rings. The molecule has 7 nitrogen and oxygen atoms in total. The van der Waals surface area contributed by atoms with Gasteiger partial charge in [0.2, 0.25) is 5.91 Å². The number of hydrogen-bond acceptors (Lipinski definition) is 5. The summed E-state index contributed by atoms with van der Waals surface area (Å²) >= 11 is 0. The van der Waals surface area contributed by atoms with Crippen molar-refractivity contribution < 1.29 is 14.8 Å². The van der Waals surface area contributed by atoms with Crippen molar-refractivity contribution in [3.8, 4) is 0 Å². The van der Waals surface area contributed by atoms with Crippen LogP contribution in [0.2, 0.25) is 0 Å². The summed E-state index contributed by atoms with van der Waals surface area (Å²) in [6.07, 6.45) is 0.507. The summed E-state index contributed by atoms with van der Waals surface area (Å²) < 4.78 is 0. The first-order chi connectivity index (χ1) is 8.76. The van der Waals surface area contributed by atoms with E-state index in [1.807, 2.05) is 6.92 Å². The normalized spacial score (nSPS) is 13.6. The Labute approximate surface area is 110 Å². The fraction of sp³-hybridized carbons (Fsp3) is 0.417. The smallest absolute Gasteiger partial charge is 0.293 e. The molecule has 1 aromatic carbocycles. The molecule has 0 aliphatic heterocycles. The van der Waals surface area contributed by atoms with Gasteiger partial charge in [-0.25, -0.2) is 0 Å². The average Bonchev–Trinajstić information content (AvgIpc) is 2.36. The number of nitrogens with zero attached hydrogens (tertiary/aromatic N) is 1. The molecule has 104 valence electrons. The molecule has 0 heterocycles. The van der Waals surface area contributed by atoms with Gasteiger partial charge in [-0.1, -0.05) is 6.92 Å². The van der Waals surface area contributed by atoms with E-state index in [0.29, 0.717) is 6.42 Å². The molecule has 7 heteroatoms. The van der Waals surface area contributed by atoms with Crippen molar-refractivity contribution in [3.63, 3.8) is 0 Å². The van der Waals surface area contributed by atoms with Crippen LogP contribution >= 0.6 is 0 Å². The van der Waals surface area contributed by atoms with Crippen molar-refractivity contribution in [2.24, 2.45) is 5.73 Å². The third kappa shape index (κ3) is 3.92. The summed E-state index contributed by atoms with van der Waals surface area (Å²) in [7, 11) is 0. The van der Waals surface area contributed by atoms with E-state index >= 15 is 0 Å². The first-order valence-electron chi connectivity index (χ1n) is 5.81. The molecule has 1 rings (SSSR count). The number of anilines is 1. The number of nitrogens with one attached hydrogen (secondary N) is 1. The van der Waals surface area contributed by atoms with E-state index < -0.39 is 16.4 Å². The van der Waals surface area contributed by atoms with E-state index in [4.69, 9.17) is 5.73 Å². The van der Waals surface area contributed by atoms with Gasteiger partial charge in [0.25, 0.3) is 5.69 Å². The van der Waals surface area contributed by atoms with Gasteiger partial charge < -0.3 is 16.2 Å². The fourth-order valence-electron chi connectivity index (χ4n) is 1.40. The van der Waals surface area contributed by atoms with Crippen LogP contribution in [0, 0.1) is 10.1 Å².